The third-order valence-corrected chi connectivity index (χ3v) is 4.81. The Hall–Kier alpha value is -1.76. The molecule has 0 radical (unpaired) electrons. The monoisotopic (exact) mass is 303 g/mol. The summed E-state index contributed by atoms with van der Waals surface area (Å²) in [6, 6.07) is 8.23. The number of nitrogens with zero attached hydrogens (tertiary/aromatic N) is 1. The van der Waals surface area contributed by atoms with Crippen LogP contribution in [0.3, 0.4) is 0 Å². The maximum Gasteiger partial charge on any atom is 0.283 e. The quantitative estimate of drug-likeness (QED) is 0.345. The SMILES string of the molecule is CC1CC(=O)C(=O)C2=C1CC(=O)S[N+]2([O-])c1ccccc1. The first kappa shape index (κ1) is 14.2. The molecule has 2 atom stereocenters. The lowest BCUT2D eigenvalue weighted by molar-refractivity contribution is -0.136. The summed E-state index contributed by atoms with van der Waals surface area (Å²) < 4.78 is -1.22. The number of allylic oxidation sites excluding steroid dienone is 2. The summed E-state index contributed by atoms with van der Waals surface area (Å²) >= 11 is 0.547. The second kappa shape index (κ2) is 4.91. The van der Waals surface area contributed by atoms with Crippen molar-refractivity contribution in [2.75, 3.05) is 0 Å². The highest BCUT2D eigenvalue weighted by Crippen LogP contribution is 2.47. The molecule has 0 aromatic heterocycles. The number of rotatable bonds is 1. The zero-order valence-corrected chi connectivity index (χ0v) is 12.2. The van der Waals surface area contributed by atoms with Gasteiger partial charge in [0.1, 0.15) is 5.69 Å². The van der Waals surface area contributed by atoms with Crippen LogP contribution >= 0.6 is 11.9 Å². The van der Waals surface area contributed by atoms with Crippen LogP contribution in [0.4, 0.5) is 5.69 Å². The minimum absolute atomic E-state index is 0.0647. The number of benzene rings is 1. The first-order valence-corrected chi connectivity index (χ1v) is 7.40. The lowest BCUT2D eigenvalue weighted by atomic mass is 9.83. The second-order valence-electron chi connectivity index (χ2n) is 5.26. The predicted octanol–water partition coefficient (Wildman–Crippen LogP) is 2.50. The zero-order chi connectivity index (χ0) is 15.2. The Labute approximate surface area is 125 Å². The maximum absolute atomic E-state index is 13.2. The predicted molar refractivity (Wildman–Crippen MR) is 79.6 cm³/mol. The molecule has 0 amide bonds. The third-order valence-electron chi connectivity index (χ3n) is 3.81. The smallest absolute Gasteiger partial charge is 0.283 e. The van der Waals surface area contributed by atoms with Crippen molar-refractivity contribution >= 4 is 34.3 Å². The standard InChI is InChI=1S/C15H13NO4S/c1-9-7-12(17)15(19)14-11(9)8-13(18)21-16(14,20)10-5-3-2-4-6-10/h2-6,9H,7-8H2,1H3. The molecule has 0 fully saturated rings. The third kappa shape index (κ3) is 2.16. The molecule has 3 rings (SSSR count). The molecule has 2 unspecified atom stereocenters. The van der Waals surface area contributed by atoms with Gasteiger partial charge in [-0.05, 0) is 5.92 Å². The molecule has 1 aliphatic carbocycles. The molecule has 108 valence electrons. The van der Waals surface area contributed by atoms with E-state index in [1.165, 1.54) is 0 Å². The summed E-state index contributed by atoms with van der Waals surface area (Å²) in [5.41, 5.74) is 0.718. The first-order valence-electron chi connectivity index (χ1n) is 6.62. The fourth-order valence-corrected chi connectivity index (χ4v) is 3.79. The summed E-state index contributed by atoms with van der Waals surface area (Å²) in [5, 5.41) is 13.0. The Morgan fingerprint density at radius 3 is 2.52 bits per heavy atom. The van der Waals surface area contributed by atoms with Gasteiger partial charge in [0.2, 0.25) is 11.5 Å². The van der Waals surface area contributed by atoms with E-state index in [9.17, 15) is 19.6 Å². The highest BCUT2D eigenvalue weighted by atomic mass is 32.2. The summed E-state index contributed by atoms with van der Waals surface area (Å²) in [6.45, 7) is 1.78. The summed E-state index contributed by atoms with van der Waals surface area (Å²) in [7, 11) is 0. The van der Waals surface area contributed by atoms with Crippen LogP contribution in [0.5, 0.6) is 0 Å². The number of hydrogen-bond acceptors (Lipinski definition) is 5. The Balaban J connectivity index is 2.24. The van der Waals surface area contributed by atoms with Gasteiger partial charge < -0.3 is 5.21 Å². The van der Waals surface area contributed by atoms with Crippen LogP contribution in [0.15, 0.2) is 41.6 Å². The average Bonchev–Trinajstić information content (AvgIpc) is 2.45. The molecule has 6 heteroatoms. The highest BCUT2D eigenvalue weighted by Gasteiger charge is 2.49. The van der Waals surface area contributed by atoms with Gasteiger partial charge in [0.25, 0.3) is 10.9 Å². The van der Waals surface area contributed by atoms with Crippen molar-refractivity contribution in [2.45, 2.75) is 19.8 Å². The van der Waals surface area contributed by atoms with Crippen molar-refractivity contribution in [1.29, 1.82) is 0 Å². The van der Waals surface area contributed by atoms with Crippen LogP contribution in [0.25, 0.3) is 0 Å². The van der Waals surface area contributed by atoms with Crippen LogP contribution in [-0.2, 0) is 14.4 Å². The molecule has 0 saturated carbocycles. The molecule has 0 spiro atoms. The van der Waals surface area contributed by atoms with E-state index in [1.54, 1.807) is 37.3 Å². The fourth-order valence-electron chi connectivity index (χ4n) is 2.77. The molecular weight excluding hydrogens is 290 g/mol. The maximum atomic E-state index is 13.2. The van der Waals surface area contributed by atoms with Crippen LogP contribution in [0.2, 0.25) is 0 Å². The van der Waals surface area contributed by atoms with Gasteiger partial charge in [-0.3, -0.25) is 14.4 Å². The summed E-state index contributed by atoms with van der Waals surface area (Å²) in [6.07, 6.45) is 0.139. The van der Waals surface area contributed by atoms with Crippen molar-refractivity contribution < 1.29 is 14.4 Å². The van der Waals surface area contributed by atoms with Crippen molar-refractivity contribution in [3.63, 3.8) is 0 Å². The molecule has 1 heterocycles. The summed E-state index contributed by atoms with van der Waals surface area (Å²) in [4.78, 5) is 36.0. The molecule has 1 aromatic rings. The molecule has 1 aliphatic heterocycles. The van der Waals surface area contributed by atoms with Gasteiger partial charge in [-0.1, -0.05) is 25.1 Å². The number of ketones is 2. The van der Waals surface area contributed by atoms with E-state index in [1.807, 2.05) is 0 Å². The molecule has 2 aliphatic rings. The first-order chi connectivity index (χ1) is 9.93. The van der Waals surface area contributed by atoms with Gasteiger partial charge in [-0.2, -0.15) is 0 Å². The van der Waals surface area contributed by atoms with Crippen LogP contribution in [-0.4, -0.2) is 16.7 Å². The van der Waals surface area contributed by atoms with Gasteiger partial charge in [0, 0.05) is 24.1 Å². The van der Waals surface area contributed by atoms with Crippen LogP contribution < -0.4 is 4.05 Å². The largest absolute Gasteiger partial charge is 0.609 e. The van der Waals surface area contributed by atoms with Crippen LogP contribution in [0.1, 0.15) is 19.8 Å². The van der Waals surface area contributed by atoms with E-state index in [2.05, 4.69) is 0 Å². The van der Waals surface area contributed by atoms with Crippen molar-refractivity contribution in [3.05, 3.63) is 46.8 Å². The average molecular weight is 303 g/mol. The number of Topliss-reactive ketones (excluding diaryl/α,β-unsaturated/α-hetero) is 2. The lowest BCUT2D eigenvalue weighted by Crippen LogP contribution is -2.48. The van der Waals surface area contributed by atoms with E-state index >= 15 is 0 Å². The van der Waals surface area contributed by atoms with Crippen molar-refractivity contribution in [2.24, 2.45) is 5.92 Å². The van der Waals surface area contributed by atoms with E-state index in [0.29, 0.717) is 17.5 Å². The number of quaternary nitrogens is 1. The number of para-hydroxylation sites is 1. The molecule has 0 saturated heterocycles. The Kier molecular flexibility index (Phi) is 3.32. The van der Waals surface area contributed by atoms with Gasteiger partial charge in [-0.15, -0.1) is 0 Å². The Morgan fingerprint density at radius 1 is 1.19 bits per heavy atom. The fraction of sp³-hybridized carbons (Fsp3) is 0.267. The number of hydrogen-bond donors (Lipinski definition) is 0. The molecule has 21 heavy (non-hydrogen) atoms. The van der Waals surface area contributed by atoms with E-state index in [4.69, 9.17) is 0 Å². The van der Waals surface area contributed by atoms with Crippen molar-refractivity contribution in [3.8, 4) is 0 Å². The van der Waals surface area contributed by atoms with E-state index in [0.717, 1.165) is 0 Å². The molecule has 0 N–H and O–H groups in total. The van der Waals surface area contributed by atoms with Gasteiger partial charge >= 0.3 is 0 Å². The van der Waals surface area contributed by atoms with E-state index < -0.39 is 15.6 Å². The highest BCUT2D eigenvalue weighted by molar-refractivity contribution is 8.13. The van der Waals surface area contributed by atoms with Crippen LogP contribution in [0, 0.1) is 11.1 Å². The topological polar surface area (TPSA) is 74.3 Å². The zero-order valence-electron chi connectivity index (χ0n) is 11.4. The Morgan fingerprint density at radius 2 is 1.86 bits per heavy atom. The second-order valence-corrected chi connectivity index (χ2v) is 6.41. The molecular formula is C15H13NO4S. The number of hydroxylamine groups is 1. The van der Waals surface area contributed by atoms with Gasteiger partial charge in [-0.25, -0.2) is 4.05 Å². The summed E-state index contributed by atoms with van der Waals surface area (Å²) in [5.74, 6) is -1.54. The molecule has 0 bridgehead atoms. The van der Waals surface area contributed by atoms with Gasteiger partial charge in [0.15, 0.2) is 11.9 Å². The molecule has 5 nitrogen and oxygen atoms in total. The minimum atomic E-state index is -1.22. The number of carbonyl (C=O) groups is 3. The normalized spacial score (nSPS) is 29.6. The minimum Gasteiger partial charge on any atom is -0.609 e. The lowest BCUT2D eigenvalue weighted by Gasteiger charge is -2.44. The Bertz CT molecular complexity index is 682. The molecule has 1 aromatic carbocycles. The van der Waals surface area contributed by atoms with E-state index in [-0.39, 0.29) is 35.3 Å². The van der Waals surface area contributed by atoms with Gasteiger partial charge in [0.05, 0.1) is 6.42 Å². The number of carbonyl (C=O) groups excluding carboxylic acids is 3. The van der Waals surface area contributed by atoms with Crippen molar-refractivity contribution in [1.82, 2.24) is 4.05 Å².